The van der Waals surface area contributed by atoms with Gasteiger partial charge in [-0.15, -0.1) is 0 Å². The molecule has 2 amide bonds. The lowest BCUT2D eigenvalue weighted by molar-refractivity contribution is -0.133. The van der Waals surface area contributed by atoms with Gasteiger partial charge in [-0.05, 0) is 24.3 Å². The molecule has 0 atom stereocenters. The third-order valence-corrected chi connectivity index (χ3v) is 3.06. The Balaban J connectivity index is 1.97. The van der Waals surface area contributed by atoms with E-state index in [-0.39, 0.29) is 24.9 Å². The van der Waals surface area contributed by atoms with E-state index in [9.17, 15) is 9.59 Å². The van der Waals surface area contributed by atoms with Crippen molar-refractivity contribution in [3.8, 4) is 5.75 Å². The van der Waals surface area contributed by atoms with Crippen molar-refractivity contribution in [2.75, 3.05) is 19.0 Å². The van der Waals surface area contributed by atoms with E-state index in [2.05, 4.69) is 5.32 Å². The number of nitrogens with zero attached hydrogens (tertiary/aromatic N) is 1. The van der Waals surface area contributed by atoms with Gasteiger partial charge in [0.25, 0.3) is 0 Å². The summed E-state index contributed by atoms with van der Waals surface area (Å²) in [6, 6.07) is 10.5. The molecule has 0 spiro atoms. The van der Waals surface area contributed by atoms with Crippen LogP contribution < -0.4 is 10.1 Å². The van der Waals surface area contributed by atoms with Gasteiger partial charge < -0.3 is 19.4 Å². The summed E-state index contributed by atoms with van der Waals surface area (Å²) in [4.78, 5) is 25.1. The Kier molecular flexibility index (Phi) is 5.19. The van der Waals surface area contributed by atoms with Gasteiger partial charge in [-0.2, -0.15) is 0 Å². The summed E-state index contributed by atoms with van der Waals surface area (Å²) in [6.45, 7) is 1.63. The largest absolute Gasteiger partial charge is 0.497 e. The fourth-order valence-electron chi connectivity index (χ4n) is 1.94. The van der Waals surface area contributed by atoms with Crippen molar-refractivity contribution < 1.29 is 18.7 Å². The molecule has 0 bridgehead atoms. The van der Waals surface area contributed by atoms with Crippen LogP contribution in [-0.4, -0.2) is 30.4 Å². The third-order valence-electron chi connectivity index (χ3n) is 3.06. The van der Waals surface area contributed by atoms with E-state index >= 15 is 0 Å². The van der Waals surface area contributed by atoms with Crippen LogP contribution in [0.25, 0.3) is 0 Å². The second-order valence-electron chi connectivity index (χ2n) is 4.73. The molecule has 0 aliphatic rings. The Labute approximate surface area is 128 Å². The summed E-state index contributed by atoms with van der Waals surface area (Å²) < 4.78 is 10.3. The fourth-order valence-corrected chi connectivity index (χ4v) is 1.94. The van der Waals surface area contributed by atoms with E-state index in [1.54, 1.807) is 43.5 Å². The molecule has 0 unspecified atom stereocenters. The SMILES string of the molecule is COc1cccc(NC(=O)CN(Cc2ccco2)C(C)=O)c1. The number of hydrogen-bond donors (Lipinski definition) is 1. The normalized spacial score (nSPS) is 10.1. The molecule has 0 saturated carbocycles. The van der Waals surface area contributed by atoms with Gasteiger partial charge in [0.2, 0.25) is 11.8 Å². The summed E-state index contributed by atoms with van der Waals surface area (Å²) in [5, 5.41) is 2.74. The number of amides is 2. The maximum atomic E-state index is 12.1. The van der Waals surface area contributed by atoms with E-state index in [0.717, 1.165) is 0 Å². The lowest BCUT2D eigenvalue weighted by atomic mass is 10.3. The number of ether oxygens (including phenoxy) is 1. The molecule has 0 fully saturated rings. The lowest BCUT2D eigenvalue weighted by Crippen LogP contribution is -2.36. The van der Waals surface area contributed by atoms with Gasteiger partial charge in [0.15, 0.2) is 0 Å². The summed E-state index contributed by atoms with van der Waals surface area (Å²) in [6.07, 6.45) is 1.53. The summed E-state index contributed by atoms with van der Waals surface area (Å²) in [5.41, 5.74) is 0.617. The number of carbonyl (C=O) groups excluding carboxylic acids is 2. The van der Waals surface area contributed by atoms with Crippen LogP contribution in [0.4, 0.5) is 5.69 Å². The molecule has 1 N–H and O–H groups in total. The first-order valence-corrected chi connectivity index (χ1v) is 6.80. The molecule has 6 heteroatoms. The van der Waals surface area contributed by atoms with Crippen molar-refractivity contribution in [2.45, 2.75) is 13.5 Å². The number of rotatable bonds is 6. The molecule has 116 valence electrons. The van der Waals surface area contributed by atoms with Gasteiger partial charge in [0, 0.05) is 18.7 Å². The van der Waals surface area contributed by atoms with E-state index in [1.807, 2.05) is 0 Å². The number of hydrogen-bond acceptors (Lipinski definition) is 4. The highest BCUT2D eigenvalue weighted by Gasteiger charge is 2.15. The topological polar surface area (TPSA) is 71.8 Å². The predicted molar refractivity (Wildman–Crippen MR) is 81.4 cm³/mol. The van der Waals surface area contributed by atoms with Crippen LogP contribution in [0.1, 0.15) is 12.7 Å². The van der Waals surface area contributed by atoms with Crippen LogP contribution in [0.15, 0.2) is 47.1 Å². The second kappa shape index (κ2) is 7.31. The number of benzene rings is 1. The van der Waals surface area contributed by atoms with Gasteiger partial charge in [0.1, 0.15) is 18.1 Å². The van der Waals surface area contributed by atoms with E-state index in [1.165, 1.54) is 18.1 Å². The summed E-state index contributed by atoms with van der Waals surface area (Å²) >= 11 is 0. The minimum atomic E-state index is -0.282. The van der Waals surface area contributed by atoms with E-state index < -0.39 is 0 Å². The number of nitrogens with one attached hydrogen (secondary N) is 1. The van der Waals surface area contributed by atoms with Crippen molar-refractivity contribution in [3.05, 3.63) is 48.4 Å². The zero-order valence-electron chi connectivity index (χ0n) is 12.5. The molecule has 6 nitrogen and oxygen atoms in total. The monoisotopic (exact) mass is 302 g/mol. The zero-order valence-corrected chi connectivity index (χ0v) is 12.5. The molecule has 2 rings (SSSR count). The number of furan rings is 1. The standard InChI is InChI=1S/C16H18N2O4/c1-12(19)18(10-15-7-4-8-22-15)11-16(20)17-13-5-3-6-14(9-13)21-2/h3-9H,10-11H2,1-2H3,(H,17,20). The average molecular weight is 302 g/mol. The minimum absolute atomic E-state index is 0.0484. The maximum absolute atomic E-state index is 12.1. The fraction of sp³-hybridized carbons (Fsp3) is 0.250. The highest BCUT2D eigenvalue weighted by atomic mass is 16.5. The zero-order chi connectivity index (χ0) is 15.9. The summed E-state index contributed by atoms with van der Waals surface area (Å²) in [7, 11) is 1.56. The second-order valence-corrected chi connectivity index (χ2v) is 4.73. The summed E-state index contributed by atoms with van der Waals surface area (Å²) in [5.74, 6) is 0.799. The first-order valence-electron chi connectivity index (χ1n) is 6.80. The third kappa shape index (κ3) is 4.37. The molecular weight excluding hydrogens is 284 g/mol. The highest BCUT2D eigenvalue weighted by molar-refractivity contribution is 5.94. The predicted octanol–water partition coefficient (Wildman–Crippen LogP) is 2.28. The molecule has 1 heterocycles. The molecule has 2 aromatic rings. The van der Waals surface area contributed by atoms with Crippen molar-refractivity contribution >= 4 is 17.5 Å². The molecule has 0 saturated heterocycles. The number of methoxy groups -OCH3 is 1. The van der Waals surface area contributed by atoms with Gasteiger partial charge in [-0.25, -0.2) is 0 Å². The Bertz CT molecular complexity index is 637. The average Bonchev–Trinajstić information content (AvgIpc) is 2.99. The Morgan fingerprint density at radius 3 is 2.73 bits per heavy atom. The molecular formula is C16H18N2O4. The van der Waals surface area contributed by atoms with Crippen molar-refractivity contribution in [1.29, 1.82) is 0 Å². The van der Waals surface area contributed by atoms with Gasteiger partial charge in [-0.3, -0.25) is 9.59 Å². The Morgan fingerprint density at radius 2 is 2.09 bits per heavy atom. The lowest BCUT2D eigenvalue weighted by Gasteiger charge is -2.19. The van der Waals surface area contributed by atoms with E-state index in [0.29, 0.717) is 17.2 Å². The first kappa shape index (κ1) is 15.6. The van der Waals surface area contributed by atoms with Crippen LogP contribution in [0.5, 0.6) is 5.75 Å². The Morgan fingerprint density at radius 1 is 1.27 bits per heavy atom. The quantitative estimate of drug-likeness (QED) is 0.888. The van der Waals surface area contributed by atoms with Crippen LogP contribution in [-0.2, 0) is 16.1 Å². The van der Waals surface area contributed by atoms with Crippen molar-refractivity contribution in [1.82, 2.24) is 4.90 Å². The van der Waals surface area contributed by atoms with Crippen LogP contribution in [0.3, 0.4) is 0 Å². The van der Waals surface area contributed by atoms with Crippen LogP contribution in [0, 0.1) is 0 Å². The number of anilines is 1. The van der Waals surface area contributed by atoms with E-state index in [4.69, 9.17) is 9.15 Å². The molecule has 0 aliphatic heterocycles. The van der Waals surface area contributed by atoms with Crippen molar-refractivity contribution in [3.63, 3.8) is 0 Å². The molecule has 0 aliphatic carbocycles. The molecule has 22 heavy (non-hydrogen) atoms. The number of carbonyl (C=O) groups is 2. The van der Waals surface area contributed by atoms with Gasteiger partial charge in [-0.1, -0.05) is 6.07 Å². The molecule has 1 aromatic carbocycles. The van der Waals surface area contributed by atoms with Gasteiger partial charge >= 0.3 is 0 Å². The van der Waals surface area contributed by atoms with Crippen LogP contribution >= 0.6 is 0 Å². The minimum Gasteiger partial charge on any atom is -0.497 e. The first-order chi connectivity index (χ1) is 10.6. The smallest absolute Gasteiger partial charge is 0.244 e. The highest BCUT2D eigenvalue weighted by Crippen LogP contribution is 2.16. The van der Waals surface area contributed by atoms with Crippen molar-refractivity contribution in [2.24, 2.45) is 0 Å². The van der Waals surface area contributed by atoms with Crippen LogP contribution in [0.2, 0.25) is 0 Å². The Hall–Kier alpha value is -2.76. The molecule has 0 radical (unpaired) electrons. The maximum Gasteiger partial charge on any atom is 0.244 e. The van der Waals surface area contributed by atoms with Gasteiger partial charge in [0.05, 0.1) is 19.9 Å². The molecule has 1 aromatic heterocycles.